The van der Waals surface area contributed by atoms with Crippen molar-refractivity contribution in [1.29, 1.82) is 0 Å². The third-order valence-electron chi connectivity index (χ3n) is 6.83. The summed E-state index contributed by atoms with van der Waals surface area (Å²) in [6.45, 7) is -0.0313. The van der Waals surface area contributed by atoms with Crippen LogP contribution in [-0.2, 0) is 21.9 Å². The van der Waals surface area contributed by atoms with E-state index in [2.05, 4.69) is 15.6 Å². The van der Waals surface area contributed by atoms with Crippen LogP contribution >= 0.6 is 34.8 Å². The van der Waals surface area contributed by atoms with E-state index in [1.807, 2.05) is 0 Å². The molecule has 4 aromatic rings. The zero-order chi connectivity index (χ0) is 31.6. The minimum Gasteiger partial charge on any atom is -0.391 e. The number of alkyl halides is 3. The third-order valence-corrected chi connectivity index (χ3v) is 7.69. The van der Waals surface area contributed by atoms with Gasteiger partial charge in [-0.1, -0.05) is 81.5 Å². The largest absolute Gasteiger partial charge is 0.435 e. The van der Waals surface area contributed by atoms with Gasteiger partial charge in [-0.2, -0.15) is 13.2 Å². The molecule has 228 valence electrons. The van der Waals surface area contributed by atoms with Gasteiger partial charge in [0.1, 0.15) is 12.4 Å². The van der Waals surface area contributed by atoms with Crippen molar-refractivity contribution in [2.45, 2.75) is 24.8 Å². The predicted octanol–water partition coefficient (Wildman–Crippen LogP) is 8.59. The summed E-state index contributed by atoms with van der Waals surface area (Å²) in [5.74, 6) is -2.12. The zero-order valence-corrected chi connectivity index (χ0v) is 24.5. The van der Waals surface area contributed by atoms with Gasteiger partial charge in [-0.15, -0.1) is 0 Å². The highest BCUT2D eigenvalue weighted by atomic mass is 35.5. The molecule has 1 unspecified atom stereocenters. The molecule has 1 aliphatic rings. The van der Waals surface area contributed by atoms with Gasteiger partial charge in [0.15, 0.2) is 5.82 Å². The van der Waals surface area contributed by atoms with Gasteiger partial charge >= 0.3 is 6.18 Å². The Hall–Kier alpha value is -3.93. The third kappa shape index (κ3) is 6.17. The molecule has 1 heterocycles. The molecule has 1 aliphatic heterocycles. The molecule has 0 aromatic heterocycles. The number of fused-ring (bicyclic) bond motifs is 1. The Labute approximate surface area is 262 Å². The molecule has 1 atom stereocenters. The lowest BCUT2D eigenvalue weighted by Crippen LogP contribution is -2.42. The van der Waals surface area contributed by atoms with Crippen molar-refractivity contribution >= 4 is 63.4 Å². The van der Waals surface area contributed by atoms with E-state index >= 15 is 0 Å². The quantitative estimate of drug-likeness (QED) is 0.0884. The maximum atomic E-state index is 14.5. The van der Waals surface area contributed by atoms with E-state index in [1.54, 1.807) is 30.3 Å². The Bertz CT molecular complexity index is 1790. The van der Waals surface area contributed by atoms with Gasteiger partial charge in [0.05, 0.1) is 33.5 Å². The number of oxime groups is 2. The molecule has 5 rings (SSSR count). The first kappa shape index (κ1) is 31.5. The number of halogens is 8. The molecule has 0 saturated carbocycles. The number of benzene rings is 4. The second-order valence-electron chi connectivity index (χ2n) is 9.61. The molecule has 0 saturated heterocycles. The Kier molecular flexibility index (Phi) is 9.01. The molecule has 44 heavy (non-hydrogen) atoms. The van der Waals surface area contributed by atoms with Crippen LogP contribution in [0.25, 0.3) is 10.8 Å². The first-order valence-corrected chi connectivity index (χ1v) is 13.9. The minimum atomic E-state index is -4.98. The Balaban J connectivity index is 1.32. The van der Waals surface area contributed by atoms with Crippen molar-refractivity contribution < 1.29 is 36.4 Å². The van der Waals surface area contributed by atoms with E-state index in [4.69, 9.17) is 44.5 Å². The number of hydrogen-bond donors (Lipinski definition) is 1. The number of rotatable bonds is 8. The first-order chi connectivity index (χ1) is 20.9. The summed E-state index contributed by atoms with van der Waals surface area (Å²) in [6.07, 6.45) is -4.44. The van der Waals surface area contributed by atoms with E-state index in [1.165, 1.54) is 30.5 Å². The van der Waals surface area contributed by atoms with Crippen molar-refractivity contribution in [3.8, 4) is 0 Å². The van der Waals surface area contributed by atoms with Gasteiger partial charge in [-0.3, -0.25) is 4.79 Å². The lowest BCUT2D eigenvalue weighted by atomic mass is 9.85. The summed E-state index contributed by atoms with van der Waals surface area (Å²) >= 11 is 17.2. The van der Waals surface area contributed by atoms with Crippen LogP contribution in [0.15, 0.2) is 77.0 Å². The van der Waals surface area contributed by atoms with Crippen LogP contribution < -0.4 is 5.32 Å². The van der Waals surface area contributed by atoms with Crippen LogP contribution in [0.5, 0.6) is 0 Å². The highest BCUT2D eigenvalue weighted by Gasteiger charge is 2.62. The van der Waals surface area contributed by atoms with Crippen LogP contribution in [0.4, 0.5) is 22.0 Å². The number of carbonyl (C=O) groups excluding carboxylic acids is 1. The summed E-state index contributed by atoms with van der Waals surface area (Å²) in [5, 5.41) is 9.86. The smallest absolute Gasteiger partial charge is 0.391 e. The molecule has 0 fully saturated rings. The summed E-state index contributed by atoms with van der Waals surface area (Å²) in [7, 11) is 0. The van der Waals surface area contributed by atoms with Crippen LogP contribution in [0.1, 0.15) is 33.5 Å². The second kappa shape index (κ2) is 12.6. The molecule has 0 radical (unpaired) electrons. The van der Waals surface area contributed by atoms with Gasteiger partial charge in [0, 0.05) is 23.1 Å². The molecule has 1 N–H and O–H groups in total. The van der Waals surface area contributed by atoms with E-state index in [-0.39, 0.29) is 29.4 Å². The van der Waals surface area contributed by atoms with E-state index in [9.17, 15) is 26.7 Å². The fourth-order valence-corrected chi connectivity index (χ4v) is 5.25. The molecule has 0 bridgehead atoms. The second-order valence-corrected chi connectivity index (χ2v) is 10.8. The molecular weight excluding hydrogens is 652 g/mol. The summed E-state index contributed by atoms with van der Waals surface area (Å²) < 4.78 is 70.9. The monoisotopic (exact) mass is 669 g/mol. The number of hydrogen-bond acceptors (Lipinski definition) is 5. The highest BCUT2D eigenvalue weighted by Crippen LogP contribution is 2.50. The van der Waals surface area contributed by atoms with Crippen LogP contribution in [0.3, 0.4) is 0 Å². The molecule has 14 heteroatoms. The van der Waals surface area contributed by atoms with Crippen molar-refractivity contribution in [1.82, 2.24) is 5.32 Å². The fraction of sp³-hybridized carbons (Fsp3) is 0.167. The lowest BCUT2D eigenvalue weighted by Gasteiger charge is -2.29. The van der Waals surface area contributed by atoms with Crippen molar-refractivity contribution in [3.05, 3.63) is 116 Å². The topological polar surface area (TPSA) is 72.3 Å². The van der Waals surface area contributed by atoms with Crippen molar-refractivity contribution in [3.63, 3.8) is 0 Å². The van der Waals surface area contributed by atoms with Gasteiger partial charge in [-0.05, 0) is 46.7 Å². The van der Waals surface area contributed by atoms with Gasteiger partial charge in [-0.25, -0.2) is 8.78 Å². The number of nitrogens with one attached hydrogen (secondary N) is 1. The van der Waals surface area contributed by atoms with Crippen LogP contribution in [-0.4, -0.2) is 30.6 Å². The minimum absolute atomic E-state index is 0.0126. The maximum absolute atomic E-state index is 14.5. The van der Waals surface area contributed by atoms with Gasteiger partial charge < -0.3 is 15.0 Å². The molecular formula is C30H19Cl3F5N3O3. The number of carbonyl (C=O) groups is 1. The fourth-order valence-electron chi connectivity index (χ4n) is 4.65. The molecule has 6 nitrogen and oxygen atoms in total. The zero-order valence-electron chi connectivity index (χ0n) is 22.2. The van der Waals surface area contributed by atoms with E-state index < -0.39 is 51.3 Å². The Morgan fingerprint density at radius 1 is 1.00 bits per heavy atom. The molecule has 1 amide bonds. The van der Waals surface area contributed by atoms with Crippen LogP contribution in [0, 0.1) is 11.6 Å². The van der Waals surface area contributed by atoms with Crippen molar-refractivity contribution in [2.24, 2.45) is 10.3 Å². The van der Waals surface area contributed by atoms with Gasteiger partial charge in [0.2, 0.25) is 0 Å². The summed E-state index contributed by atoms with van der Waals surface area (Å²) in [6, 6.07) is 15.4. The lowest BCUT2D eigenvalue weighted by molar-refractivity contribution is -0.275. The summed E-state index contributed by atoms with van der Waals surface area (Å²) in [5.41, 5.74) is -2.47. The predicted molar refractivity (Wildman–Crippen MR) is 157 cm³/mol. The average Bonchev–Trinajstić information content (AvgIpc) is 3.45. The van der Waals surface area contributed by atoms with Gasteiger partial charge in [0.25, 0.3) is 11.5 Å². The summed E-state index contributed by atoms with van der Waals surface area (Å²) in [4.78, 5) is 23.2. The normalized spacial score (nSPS) is 16.7. The highest BCUT2D eigenvalue weighted by molar-refractivity contribution is 6.35. The van der Waals surface area contributed by atoms with E-state index in [0.29, 0.717) is 21.9 Å². The standard InChI is InChI=1S/C30H19Cl3F5N3O3/c31-22-8-5-16(11-25(22)34)15-43-40-10-9-39-28(42)21-7-6-20(18-3-1-2-4-19(18)21)26-14-29(44-41-26,30(36,37)38)17-12-23(32)27(35)24(33)13-17/h1-8,10-13H,9,14-15H2,(H,39,42). The van der Waals surface area contributed by atoms with Crippen molar-refractivity contribution in [2.75, 3.05) is 6.54 Å². The molecule has 0 aliphatic carbocycles. The SMILES string of the molecule is O=C(NCC=NOCc1ccc(Cl)c(F)c1)c1ccc(C2=NOC(c3cc(Cl)c(F)c(Cl)c3)(C(F)(F)F)C2)c2ccccc12. The molecule has 0 spiro atoms. The Morgan fingerprint density at radius 2 is 1.70 bits per heavy atom. The number of nitrogens with zero attached hydrogens (tertiary/aromatic N) is 2. The molecule has 4 aromatic carbocycles. The van der Waals surface area contributed by atoms with Crippen LogP contribution in [0.2, 0.25) is 15.1 Å². The Morgan fingerprint density at radius 3 is 2.39 bits per heavy atom. The first-order valence-electron chi connectivity index (χ1n) is 12.8. The number of amides is 1. The van der Waals surface area contributed by atoms with E-state index in [0.717, 1.165) is 12.1 Å². The maximum Gasteiger partial charge on any atom is 0.435 e. The average molecular weight is 671 g/mol.